The lowest BCUT2D eigenvalue weighted by Crippen LogP contribution is -2.48. The highest BCUT2D eigenvalue weighted by molar-refractivity contribution is 5.88. The maximum Gasteiger partial charge on any atom is 0.303 e. The Labute approximate surface area is 148 Å². The number of carbonyl (C=O) groups is 3. The smallest absolute Gasteiger partial charge is 0.303 e. The first-order valence-electron chi connectivity index (χ1n) is 8.55. The molecule has 0 spiro atoms. The highest BCUT2D eigenvalue weighted by Crippen LogP contribution is 2.05. The lowest BCUT2D eigenvalue weighted by atomic mass is 10.0. The van der Waals surface area contributed by atoms with Gasteiger partial charge in [-0.3, -0.25) is 14.4 Å². The van der Waals surface area contributed by atoms with Crippen molar-refractivity contribution in [2.24, 2.45) is 5.73 Å². The van der Waals surface area contributed by atoms with Gasteiger partial charge in [0.05, 0.1) is 0 Å². The van der Waals surface area contributed by atoms with E-state index >= 15 is 0 Å². The van der Waals surface area contributed by atoms with Gasteiger partial charge in [0.15, 0.2) is 0 Å². The monoisotopic (exact) mass is 349 g/mol. The van der Waals surface area contributed by atoms with E-state index in [4.69, 9.17) is 10.8 Å². The third kappa shape index (κ3) is 9.46. The third-order valence-corrected chi connectivity index (χ3v) is 3.66. The van der Waals surface area contributed by atoms with Gasteiger partial charge in [0.2, 0.25) is 11.8 Å². The van der Waals surface area contributed by atoms with E-state index in [0.29, 0.717) is 19.5 Å². The molecule has 0 aliphatic heterocycles. The number of carboxylic acids is 1. The van der Waals surface area contributed by atoms with Gasteiger partial charge in [0.25, 0.3) is 0 Å². The molecule has 0 saturated heterocycles. The molecule has 0 unspecified atom stereocenters. The summed E-state index contributed by atoms with van der Waals surface area (Å²) in [5.74, 6) is -1.50. The number of amides is 2. The molecule has 0 fully saturated rings. The van der Waals surface area contributed by atoms with E-state index in [2.05, 4.69) is 10.6 Å². The zero-order valence-electron chi connectivity index (χ0n) is 14.4. The molecule has 0 heterocycles. The average Bonchev–Trinajstić information content (AvgIpc) is 2.58. The molecule has 0 saturated carbocycles. The molecule has 1 aromatic rings. The number of hydrogen-bond donors (Lipinski definition) is 4. The Balaban J connectivity index is 2.58. The maximum absolute atomic E-state index is 12.4. The van der Waals surface area contributed by atoms with Crippen molar-refractivity contribution in [2.45, 2.75) is 44.6 Å². The van der Waals surface area contributed by atoms with Gasteiger partial charge < -0.3 is 21.5 Å². The molecule has 0 aliphatic carbocycles. The molecule has 138 valence electrons. The summed E-state index contributed by atoms with van der Waals surface area (Å²) in [4.78, 5) is 34.9. The topological polar surface area (TPSA) is 122 Å². The molecule has 0 radical (unpaired) electrons. The van der Waals surface area contributed by atoms with Crippen LogP contribution in [0.15, 0.2) is 30.3 Å². The summed E-state index contributed by atoms with van der Waals surface area (Å²) in [6.45, 7) is 1.08. The Morgan fingerprint density at radius 3 is 2.40 bits per heavy atom. The van der Waals surface area contributed by atoms with E-state index in [1.54, 1.807) is 0 Å². The lowest BCUT2D eigenvalue weighted by Gasteiger charge is -2.18. The summed E-state index contributed by atoms with van der Waals surface area (Å²) in [7, 11) is 0. The standard InChI is InChI=1S/C18H27N3O4/c19-11-4-5-12-20-18(25)15(13-14-7-2-1-3-8-14)21-16(22)9-6-10-17(23)24/h1-3,7-8,15H,4-6,9-13,19H2,(H,20,25)(H,21,22)(H,23,24)/t15-/m1/s1. The van der Waals surface area contributed by atoms with E-state index in [9.17, 15) is 14.4 Å². The molecule has 7 nitrogen and oxygen atoms in total. The van der Waals surface area contributed by atoms with Crippen molar-refractivity contribution in [3.05, 3.63) is 35.9 Å². The SMILES string of the molecule is NCCCCNC(=O)[C@@H](Cc1ccccc1)NC(=O)CCCC(=O)O. The largest absolute Gasteiger partial charge is 0.481 e. The van der Waals surface area contributed by atoms with Gasteiger partial charge in [-0.2, -0.15) is 0 Å². The first kappa shape index (κ1) is 20.6. The Morgan fingerprint density at radius 1 is 1.04 bits per heavy atom. The fourth-order valence-corrected chi connectivity index (χ4v) is 2.33. The molecule has 0 bridgehead atoms. The fraction of sp³-hybridized carbons (Fsp3) is 0.500. The molecule has 25 heavy (non-hydrogen) atoms. The number of aliphatic carboxylic acids is 1. The van der Waals surface area contributed by atoms with Crippen molar-refractivity contribution in [1.29, 1.82) is 0 Å². The van der Waals surface area contributed by atoms with Gasteiger partial charge in [-0.05, 0) is 31.4 Å². The number of carbonyl (C=O) groups excluding carboxylic acids is 2. The Hall–Kier alpha value is -2.41. The van der Waals surface area contributed by atoms with Crippen LogP contribution in [0.5, 0.6) is 0 Å². The number of hydrogen-bond acceptors (Lipinski definition) is 4. The van der Waals surface area contributed by atoms with Crippen LogP contribution < -0.4 is 16.4 Å². The van der Waals surface area contributed by atoms with Gasteiger partial charge in [0.1, 0.15) is 6.04 Å². The molecular formula is C18H27N3O4. The van der Waals surface area contributed by atoms with Gasteiger partial charge in [-0.15, -0.1) is 0 Å². The third-order valence-electron chi connectivity index (χ3n) is 3.66. The van der Waals surface area contributed by atoms with Crippen LogP contribution in [0.3, 0.4) is 0 Å². The van der Waals surface area contributed by atoms with Gasteiger partial charge in [0, 0.05) is 25.8 Å². The van der Waals surface area contributed by atoms with Crippen LogP contribution in [-0.2, 0) is 20.8 Å². The minimum atomic E-state index is -0.939. The summed E-state index contributed by atoms with van der Waals surface area (Å²) in [5.41, 5.74) is 6.37. The molecule has 2 amide bonds. The summed E-state index contributed by atoms with van der Waals surface area (Å²) >= 11 is 0. The Kier molecular flexibility index (Phi) is 9.92. The van der Waals surface area contributed by atoms with Gasteiger partial charge >= 0.3 is 5.97 Å². The summed E-state index contributed by atoms with van der Waals surface area (Å²) < 4.78 is 0. The second kappa shape index (κ2) is 12.0. The second-order valence-corrected chi connectivity index (χ2v) is 5.84. The van der Waals surface area contributed by atoms with E-state index in [1.807, 2.05) is 30.3 Å². The molecule has 0 aromatic heterocycles. The number of carboxylic acid groups (broad SMARTS) is 1. The molecule has 0 aliphatic rings. The Bertz CT molecular complexity index is 549. The molecule has 1 aromatic carbocycles. The van der Waals surface area contributed by atoms with Gasteiger partial charge in [-0.1, -0.05) is 30.3 Å². The minimum Gasteiger partial charge on any atom is -0.481 e. The van der Waals surface area contributed by atoms with E-state index in [1.165, 1.54) is 0 Å². The number of nitrogens with two attached hydrogens (primary N) is 1. The predicted octanol–water partition coefficient (Wildman–Crippen LogP) is 0.824. The normalized spacial score (nSPS) is 11.6. The van der Waals surface area contributed by atoms with Crippen LogP contribution in [0, 0.1) is 0 Å². The molecule has 1 atom stereocenters. The van der Waals surface area contributed by atoms with Crippen molar-refractivity contribution >= 4 is 17.8 Å². The van der Waals surface area contributed by atoms with Crippen molar-refractivity contribution < 1.29 is 19.5 Å². The fourth-order valence-electron chi connectivity index (χ4n) is 2.33. The maximum atomic E-state index is 12.4. The van der Waals surface area contributed by atoms with Crippen LogP contribution in [-0.4, -0.2) is 42.0 Å². The molecular weight excluding hydrogens is 322 g/mol. The highest BCUT2D eigenvalue weighted by Gasteiger charge is 2.20. The van der Waals surface area contributed by atoms with Crippen LogP contribution in [0.2, 0.25) is 0 Å². The lowest BCUT2D eigenvalue weighted by molar-refractivity contribution is -0.137. The zero-order chi connectivity index (χ0) is 18.5. The minimum absolute atomic E-state index is 0.0674. The quantitative estimate of drug-likeness (QED) is 0.416. The average molecular weight is 349 g/mol. The zero-order valence-corrected chi connectivity index (χ0v) is 14.4. The van der Waals surface area contributed by atoms with Crippen LogP contribution in [0.25, 0.3) is 0 Å². The first-order valence-corrected chi connectivity index (χ1v) is 8.55. The number of rotatable bonds is 12. The number of nitrogens with one attached hydrogen (secondary N) is 2. The molecule has 1 rings (SSSR count). The predicted molar refractivity (Wildman–Crippen MR) is 94.9 cm³/mol. The van der Waals surface area contributed by atoms with Gasteiger partial charge in [-0.25, -0.2) is 0 Å². The van der Waals surface area contributed by atoms with Crippen molar-refractivity contribution in [3.63, 3.8) is 0 Å². The van der Waals surface area contributed by atoms with Crippen molar-refractivity contribution in [2.75, 3.05) is 13.1 Å². The first-order chi connectivity index (χ1) is 12.0. The molecule has 7 heteroatoms. The van der Waals surface area contributed by atoms with Crippen LogP contribution in [0.4, 0.5) is 0 Å². The second-order valence-electron chi connectivity index (χ2n) is 5.84. The van der Waals surface area contributed by atoms with E-state index in [-0.39, 0.29) is 31.1 Å². The summed E-state index contributed by atoms with van der Waals surface area (Å²) in [5, 5.41) is 14.2. The Morgan fingerprint density at radius 2 is 1.76 bits per heavy atom. The van der Waals surface area contributed by atoms with E-state index < -0.39 is 12.0 Å². The van der Waals surface area contributed by atoms with Crippen molar-refractivity contribution in [3.8, 4) is 0 Å². The van der Waals surface area contributed by atoms with E-state index in [0.717, 1.165) is 18.4 Å². The van der Waals surface area contributed by atoms with Crippen LogP contribution in [0.1, 0.15) is 37.7 Å². The van der Waals surface area contributed by atoms with Crippen LogP contribution >= 0.6 is 0 Å². The summed E-state index contributed by atoms with van der Waals surface area (Å²) in [6.07, 6.45) is 2.25. The van der Waals surface area contributed by atoms with Crippen molar-refractivity contribution in [1.82, 2.24) is 10.6 Å². The number of benzene rings is 1. The highest BCUT2D eigenvalue weighted by atomic mass is 16.4. The number of unbranched alkanes of at least 4 members (excludes halogenated alkanes) is 1. The molecule has 5 N–H and O–H groups in total. The summed E-state index contributed by atoms with van der Waals surface area (Å²) in [6, 6.07) is 8.74.